The molecule has 0 bridgehead atoms. The van der Waals surface area contributed by atoms with Crippen LogP contribution in [0.1, 0.15) is 12.6 Å². The molecule has 3 aromatic rings. The van der Waals surface area contributed by atoms with Crippen LogP contribution in [-0.2, 0) is 16.6 Å². The average molecular weight is 322 g/mol. The van der Waals surface area contributed by atoms with Crippen molar-refractivity contribution in [1.82, 2.24) is 14.8 Å². The molecule has 3 rings (SSSR count). The SMILES string of the molecule is CCn1ncc(S(=O)(=O)Nc2cccc3[nH]c(=O)oc23)c1C. The van der Waals surface area contributed by atoms with E-state index in [0.717, 1.165) is 0 Å². The summed E-state index contributed by atoms with van der Waals surface area (Å²) in [7, 11) is -3.82. The Morgan fingerprint density at radius 3 is 2.86 bits per heavy atom. The van der Waals surface area contributed by atoms with E-state index in [1.165, 1.54) is 12.3 Å². The number of nitrogens with zero attached hydrogens (tertiary/aromatic N) is 2. The molecule has 0 amide bonds. The maximum atomic E-state index is 12.5. The molecule has 9 heteroatoms. The predicted octanol–water partition coefficient (Wildman–Crippen LogP) is 1.45. The predicted molar refractivity (Wildman–Crippen MR) is 80.3 cm³/mol. The maximum absolute atomic E-state index is 12.5. The van der Waals surface area contributed by atoms with Crippen molar-refractivity contribution in [1.29, 1.82) is 0 Å². The molecule has 8 nitrogen and oxygen atoms in total. The molecule has 0 fully saturated rings. The molecule has 22 heavy (non-hydrogen) atoms. The number of fused-ring (bicyclic) bond motifs is 1. The number of rotatable bonds is 4. The smallest absolute Gasteiger partial charge is 0.406 e. The summed E-state index contributed by atoms with van der Waals surface area (Å²) in [6, 6.07) is 4.77. The topological polar surface area (TPSA) is 110 Å². The number of H-pyrrole nitrogens is 1. The molecule has 0 radical (unpaired) electrons. The Balaban J connectivity index is 2.06. The Morgan fingerprint density at radius 1 is 1.41 bits per heavy atom. The Hall–Kier alpha value is -2.55. The minimum absolute atomic E-state index is 0.0873. The molecule has 0 unspecified atom stereocenters. The normalized spacial score (nSPS) is 11.9. The van der Waals surface area contributed by atoms with Gasteiger partial charge in [-0.3, -0.25) is 14.4 Å². The third-order valence-electron chi connectivity index (χ3n) is 3.34. The summed E-state index contributed by atoms with van der Waals surface area (Å²) in [5, 5.41) is 4.03. The number of aryl methyl sites for hydroxylation is 1. The molecule has 0 spiro atoms. The van der Waals surface area contributed by atoms with Crippen molar-refractivity contribution >= 4 is 26.8 Å². The maximum Gasteiger partial charge on any atom is 0.417 e. The van der Waals surface area contributed by atoms with E-state index in [1.807, 2.05) is 6.92 Å². The lowest BCUT2D eigenvalue weighted by molar-refractivity contribution is 0.556. The van der Waals surface area contributed by atoms with Gasteiger partial charge in [-0.15, -0.1) is 0 Å². The summed E-state index contributed by atoms with van der Waals surface area (Å²) >= 11 is 0. The molecule has 0 aliphatic heterocycles. The number of hydrogen-bond donors (Lipinski definition) is 2. The number of oxazole rings is 1. The van der Waals surface area contributed by atoms with Gasteiger partial charge in [-0.25, -0.2) is 13.2 Å². The number of para-hydroxylation sites is 1. The highest BCUT2D eigenvalue weighted by molar-refractivity contribution is 7.92. The molecule has 0 atom stereocenters. The highest BCUT2D eigenvalue weighted by atomic mass is 32.2. The van der Waals surface area contributed by atoms with Crippen LogP contribution in [-0.4, -0.2) is 23.2 Å². The third-order valence-corrected chi connectivity index (χ3v) is 4.81. The van der Waals surface area contributed by atoms with E-state index < -0.39 is 15.8 Å². The summed E-state index contributed by atoms with van der Waals surface area (Å²) in [5.74, 6) is -0.642. The van der Waals surface area contributed by atoms with Crippen LogP contribution >= 0.6 is 0 Å². The third kappa shape index (κ3) is 2.29. The van der Waals surface area contributed by atoms with E-state index in [9.17, 15) is 13.2 Å². The van der Waals surface area contributed by atoms with Gasteiger partial charge in [-0.05, 0) is 26.0 Å². The van der Waals surface area contributed by atoms with Gasteiger partial charge in [0.25, 0.3) is 10.0 Å². The summed E-state index contributed by atoms with van der Waals surface area (Å²) < 4.78 is 34.0. The van der Waals surface area contributed by atoms with Crippen molar-refractivity contribution < 1.29 is 12.8 Å². The Bertz CT molecular complexity index is 997. The quantitative estimate of drug-likeness (QED) is 0.755. The fraction of sp³-hybridized carbons (Fsp3) is 0.231. The molecular formula is C13H14N4O4S. The number of aromatic amines is 1. The van der Waals surface area contributed by atoms with Gasteiger partial charge in [0.05, 0.1) is 23.1 Å². The lowest BCUT2D eigenvalue weighted by atomic mass is 10.3. The molecule has 0 aliphatic rings. The minimum Gasteiger partial charge on any atom is -0.406 e. The van der Waals surface area contributed by atoms with Crippen LogP contribution < -0.4 is 10.5 Å². The van der Waals surface area contributed by atoms with Crippen LogP contribution in [0.3, 0.4) is 0 Å². The molecule has 2 heterocycles. The number of aromatic nitrogens is 3. The van der Waals surface area contributed by atoms with Crippen LogP contribution in [0.4, 0.5) is 5.69 Å². The number of hydrogen-bond acceptors (Lipinski definition) is 5. The van der Waals surface area contributed by atoms with E-state index >= 15 is 0 Å². The Labute approximate surface area is 125 Å². The molecule has 2 aromatic heterocycles. The van der Waals surface area contributed by atoms with E-state index in [0.29, 0.717) is 17.8 Å². The second-order valence-corrected chi connectivity index (χ2v) is 6.36. The first-order valence-electron chi connectivity index (χ1n) is 6.59. The highest BCUT2D eigenvalue weighted by Crippen LogP contribution is 2.24. The fourth-order valence-corrected chi connectivity index (χ4v) is 3.51. The molecule has 0 saturated carbocycles. The second kappa shape index (κ2) is 5.02. The summed E-state index contributed by atoms with van der Waals surface area (Å²) in [4.78, 5) is 13.8. The van der Waals surface area contributed by atoms with Crippen molar-refractivity contribution in [2.75, 3.05) is 4.72 Å². The van der Waals surface area contributed by atoms with Crippen LogP contribution in [0.5, 0.6) is 0 Å². The monoisotopic (exact) mass is 322 g/mol. The minimum atomic E-state index is -3.82. The summed E-state index contributed by atoms with van der Waals surface area (Å²) in [5.41, 5.74) is 1.32. The average Bonchev–Trinajstić information content (AvgIpc) is 3.01. The van der Waals surface area contributed by atoms with Gasteiger partial charge in [-0.2, -0.15) is 5.10 Å². The van der Waals surface area contributed by atoms with Gasteiger partial charge >= 0.3 is 5.76 Å². The summed E-state index contributed by atoms with van der Waals surface area (Å²) in [6.45, 7) is 4.13. The van der Waals surface area contributed by atoms with Crippen LogP contribution in [0.25, 0.3) is 11.1 Å². The van der Waals surface area contributed by atoms with E-state index in [-0.39, 0.29) is 16.2 Å². The Kier molecular flexibility index (Phi) is 3.28. The van der Waals surface area contributed by atoms with Gasteiger partial charge in [0.2, 0.25) is 0 Å². The van der Waals surface area contributed by atoms with Crippen molar-refractivity contribution in [3.8, 4) is 0 Å². The van der Waals surface area contributed by atoms with Crippen LogP contribution in [0.15, 0.2) is 38.5 Å². The lowest BCUT2D eigenvalue weighted by Gasteiger charge is -2.08. The van der Waals surface area contributed by atoms with Gasteiger partial charge in [0, 0.05) is 6.54 Å². The number of anilines is 1. The van der Waals surface area contributed by atoms with Gasteiger partial charge in [0.1, 0.15) is 4.90 Å². The van der Waals surface area contributed by atoms with E-state index in [2.05, 4.69) is 14.8 Å². The zero-order valence-electron chi connectivity index (χ0n) is 12.0. The molecule has 2 N–H and O–H groups in total. The second-order valence-electron chi connectivity index (χ2n) is 4.71. The van der Waals surface area contributed by atoms with Crippen molar-refractivity contribution in [2.24, 2.45) is 0 Å². The molecule has 1 aromatic carbocycles. The molecular weight excluding hydrogens is 308 g/mol. The molecule has 0 aliphatic carbocycles. The van der Waals surface area contributed by atoms with Crippen molar-refractivity contribution in [3.05, 3.63) is 40.6 Å². The standard InChI is InChI=1S/C13H14N4O4S/c1-3-17-8(2)11(7-14-17)22(19,20)16-10-6-4-5-9-12(10)21-13(18)15-9/h4-7,16H,3H2,1-2H3,(H,15,18). The number of benzene rings is 1. The largest absolute Gasteiger partial charge is 0.417 e. The van der Waals surface area contributed by atoms with Gasteiger partial charge < -0.3 is 4.42 Å². The zero-order valence-corrected chi connectivity index (χ0v) is 12.8. The molecule has 116 valence electrons. The summed E-state index contributed by atoms with van der Waals surface area (Å²) in [6.07, 6.45) is 1.30. The van der Waals surface area contributed by atoms with Gasteiger partial charge in [0.15, 0.2) is 5.58 Å². The van der Waals surface area contributed by atoms with E-state index in [4.69, 9.17) is 4.42 Å². The zero-order chi connectivity index (χ0) is 15.9. The lowest BCUT2D eigenvalue weighted by Crippen LogP contribution is -2.14. The fourth-order valence-electron chi connectivity index (χ4n) is 2.27. The first kappa shape index (κ1) is 14.4. The Morgan fingerprint density at radius 2 is 2.18 bits per heavy atom. The highest BCUT2D eigenvalue weighted by Gasteiger charge is 2.22. The van der Waals surface area contributed by atoms with Crippen LogP contribution in [0, 0.1) is 6.92 Å². The van der Waals surface area contributed by atoms with Gasteiger partial charge in [-0.1, -0.05) is 6.07 Å². The van der Waals surface area contributed by atoms with E-state index in [1.54, 1.807) is 23.7 Å². The first-order valence-corrected chi connectivity index (χ1v) is 8.07. The van der Waals surface area contributed by atoms with Crippen molar-refractivity contribution in [2.45, 2.75) is 25.3 Å². The number of sulfonamides is 1. The first-order chi connectivity index (χ1) is 10.4. The molecule has 0 saturated heterocycles. The van der Waals surface area contributed by atoms with Crippen molar-refractivity contribution in [3.63, 3.8) is 0 Å². The van der Waals surface area contributed by atoms with Crippen LogP contribution in [0.2, 0.25) is 0 Å². The number of nitrogens with one attached hydrogen (secondary N) is 2.